The average Bonchev–Trinajstić information content (AvgIpc) is 2.35. The third-order valence-electron chi connectivity index (χ3n) is 3.29. The van der Waals surface area contributed by atoms with Crippen molar-refractivity contribution < 1.29 is 14.7 Å². The number of rotatable bonds is 10. The first-order valence-electron chi connectivity index (χ1n) is 7.68. The molecule has 21 heavy (non-hydrogen) atoms. The Bertz CT molecular complexity index is 319. The summed E-state index contributed by atoms with van der Waals surface area (Å²) in [6, 6.07) is 0.236. The number of unbranched alkanes of at least 4 members (excludes halogenated alkanes) is 1. The zero-order chi connectivity index (χ0) is 16.4. The van der Waals surface area contributed by atoms with Crippen molar-refractivity contribution in [3.63, 3.8) is 0 Å². The molecule has 0 aromatic carbocycles. The Morgan fingerprint density at radius 1 is 1.14 bits per heavy atom. The Balaban J connectivity index is 4.00. The van der Waals surface area contributed by atoms with Crippen LogP contribution in [0.4, 0.5) is 4.79 Å². The zero-order valence-corrected chi connectivity index (χ0v) is 14.1. The van der Waals surface area contributed by atoms with Gasteiger partial charge >= 0.3 is 12.0 Å². The summed E-state index contributed by atoms with van der Waals surface area (Å²) in [5.41, 5.74) is 0. The lowest BCUT2D eigenvalue weighted by molar-refractivity contribution is -0.137. The maximum absolute atomic E-state index is 12.0. The molecule has 0 radical (unpaired) electrons. The molecule has 0 spiro atoms. The largest absolute Gasteiger partial charge is 0.480 e. The van der Waals surface area contributed by atoms with Gasteiger partial charge in [0.1, 0.15) is 6.54 Å². The molecule has 0 rings (SSSR count). The van der Waals surface area contributed by atoms with Crippen LogP contribution < -0.4 is 5.32 Å². The van der Waals surface area contributed by atoms with E-state index in [2.05, 4.69) is 31.1 Å². The van der Waals surface area contributed by atoms with Gasteiger partial charge in [0.25, 0.3) is 0 Å². The van der Waals surface area contributed by atoms with Crippen LogP contribution in [0.3, 0.4) is 0 Å². The van der Waals surface area contributed by atoms with Crippen LogP contribution in [0.2, 0.25) is 0 Å². The molecule has 0 aliphatic heterocycles. The number of carbonyl (C=O) groups excluding carboxylic acids is 1. The highest BCUT2D eigenvalue weighted by molar-refractivity contribution is 5.80. The van der Waals surface area contributed by atoms with Crippen molar-refractivity contribution >= 4 is 12.0 Å². The monoisotopic (exact) mass is 301 g/mol. The summed E-state index contributed by atoms with van der Waals surface area (Å²) >= 11 is 0. The molecule has 0 aromatic rings. The molecule has 124 valence electrons. The first-order chi connectivity index (χ1) is 9.73. The van der Waals surface area contributed by atoms with Crippen molar-refractivity contribution in [1.29, 1.82) is 0 Å². The fourth-order valence-corrected chi connectivity index (χ4v) is 1.87. The summed E-state index contributed by atoms with van der Waals surface area (Å²) in [4.78, 5) is 26.4. The highest BCUT2D eigenvalue weighted by Gasteiger charge is 2.17. The Hall–Kier alpha value is -1.30. The summed E-state index contributed by atoms with van der Waals surface area (Å²) in [6.07, 6.45) is 1.91. The van der Waals surface area contributed by atoms with Gasteiger partial charge < -0.3 is 20.2 Å². The van der Waals surface area contributed by atoms with Gasteiger partial charge in [0.15, 0.2) is 0 Å². The Labute approximate surface area is 128 Å². The molecule has 0 unspecified atom stereocenters. The Morgan fingerprint density at radius 2 is 1.76 bits per heavy atom. The lowest BCUT2D eigenvalue weighted by Crippen LogP contribution is -2.44. The molecule has 0 fully saturated rings. The summed E-state index contributed by atoms with van der Waals surface area (Å²) < 4.78 is 0. The van der Waals surface area contributed by atoms with Crippen molar-refractivity contribution in [3.05, 3.63) is 0 Å². The van der Waals surface area contributed by atoms with Gasteiger partial charge in [-0.05, 0) is 46.2 Å². The lowest BCUT2D eigenvalue weighted by Gasteiger charge is -2.23. The quantitative estimate of drug-likeness (QED) is 0.604. The number of carbonyl (C=O) groups is 2. The van der Waals surface area contributed by atoms with Gasteiger partial charge in [0.05, 0.1) is 0 Å². The second kappa shape index (κ2) is 10.4. The summed E-state index contributed by atoms with van der Waals surface area (Å²) in [5.74, 6) is -0.737. The first kappa shape index (κ1) is 19.7. The van der Waals surface area contributed by atoms with E-state index in [4.69, 9.17) is 5.11 Å². The van der Waals surface area contributed by atoms with Crippen LogP contribution in [0.15, 0.2) is 0 Å². The number of hydrogen-bond donors (Lipinski definition) is 2. The van der Waals surface area contributed by atoms with Crippen molar-refractivity contribution in [2.75, 3.05) is 33.2 Å². The fraction of sp³-hybridized carbons (Fsp3) is 0.867. The second-order valence-corrected chi connectivity index (χ2v) is 6.18. The van der Waals surface area contributed by atoms with E-state index in [0.29, 0.717) is 19.1 Å². The molecular weight excluding hydrogens is 270 g/mol. The molecule has 0 aliphatic carbocycles. The number of nitrogens with one attached hydrogen (secondary N) is 1. The van der Waals surface area contributed by atoms with Crippen LogP contribution in [0.5, 0.6) is 0 Å². The molecule has 0 saturated carbocycles. The fourth-order valence-electron chi connectivity index (χ4n) is 1.87. The van der Waals surface area contributed by atoms with E-state index < -0.39 is 5.97 Å². The van der Waals surface area contributed by atoms with E-state index in [1.54, 1.807) is 0 Å². The van der Waals surface area contributed by atoms with Crippen LogP contribution in [0.25, 0.3) is 0 Å². The summed E-state index contributed by atoms with van der Waals surface area (Å²) in [7, 11) is 2.08. The summed E-state index contributed by atoms with van der Waals surface area (Å²) in [6.45, 7) is 10.0. The second-order valence-electron chi connectivity index (χ2n) is 6.18. The van der Waals surface area contributed by atoms with Gasteiger partial charge in [-0.25, -0.2) is 4.79 Å². The van der Waals surface area contributed by atoms with Crippen molar-refractivity contribution in [2.24, 2.45) is 5.92 Å². The number of carboxylic acid groups (broad SMARTS) is 1. The molecule has 0 bridgehead atoms. The summed E-state index contributed by atoms with van der Waals surface area (Å²) in [5, 5.41) is 11.6. The highest BCUT2D eigenvalue weighted by Crippen LogP contribution is 2.00. The molecule has 0 aliphatic rings. The number of urea groups is 1. The number of carboxylic acids is 1. The van der Waals surface area contributed by atoms with Crippen LogP contribution in [0, 0.1) is 5.92 Å². The molecule has 0 heterocycles. The molecular formula is C15H31N3O3. The average molecular weight is 301 g/mol. The minimum Gasteiger partial charge on any atom is -0.480 e. The van der Waals surface area contributed by atoms with Gasteiger partial charge in [-0.3, -0.25) is 4.79 Å². The molecule has 6 heteroatoms. The number of nitrogens with zero attached hydrogens (tertiary/aromatic N) is 2. The zero-order valence-electron chi connectivity index (χ0n) is 14.1. The predicted octanol–water partition coefficient (Wildman–Crippen LogP) is 1.86. The molecule has 0 aromatic heterocycles. The van der Waals surface area contributed by atoms with Gasteiger partial charge in [-0.15, -0.1) is 0 Å². The molecule has 0 atom stereocenters. The maximum Gasteiger partial charge on any atom is 0.323 e. The normalized spacial score (nSPS) is 11.2. The van der Waals surface area contributed by atoms with Gasteiger partial charge in [0, 0.05) is 19.1 Å². The molecule has 6 nitrogen and oxygen atoms in total. The van der Waals surface area contributed by atoms with E-state index in [1.807, 2.05) is 13.8 Å². The maximum atomic E-state index is 12.0. The highest BCUT2D eigenvalue weighted by atomic mass is 16.4. The number of amides is 2. The van der Waals surface area contributed by atoms with Crippen LogP contribution in [0.1, 0.15) is 40.5 Å². The van der Waals surface area contributed by atoms with Gasteiger partial charge in [-0.1, -0.05) is 13.8 Å². The molecule has 2 N–H and O–H groups in total. The van der Waals surface area contributed by atoms with Crippen molar-refractivity contribution in [3.8, 4) is 0 Å². The molecule has 2 amide bonds. The number of hydrogen-bond acceptors (Lipinski definition) is 3. The third-order valence-corrected chi connectivity index (χ3v) is 3.29. The van der Waals surface area contributed by atoms with Gasteiger partial charge in [-0.2, -0.15) is 0 Å². The van der Waals surface area contributed by atoms with E-state index in [-0.39, 0.29) is 18.5 Å². The van der Waals surface area contributed by atoms with Crippen LogP contribution >= 0.6 is 0 Å². The lowest BCUT2D eigenvalue weighted by atomic mass is 10.2. The van der Waals surface area contributed by atoms with E-state index >= 15 is 0 Å². The predicted molar refractivity (Wildman–Crippen MR) is 84.4 cm³/mol. The third kappa shape index (κ3) is 10.1. The van der Waals surface area contributed by atoms with Gasteiger partial charge in [0.2, 0.25) is 0 Å². The Kier molecular flexibility index (Phi) is 9.78. The van der Waals surface area contributed by atoms with Crippen LogP contribution in [-0.4, -0.2) is 66.2 Å². The Morgan fingerprint density at radius 3 is 2.24 bits per heavy atom. The van der Waals surface area contributed by atoms with E-state index in [0.717, 1.165) is 19.4 Å². The SMILES string of the molecule is CC(C)CN(CC(=O)O)C(=O)NCCCCN(C)C(C)C. The van der Waals surface area contributed by atoms with E-state index in [9.17, 15) is 9.59 Å². The standard InChI is InChI=1S/C15H31N3O3/c1-12(2)10-18(11-14(19)20)15(21)16-8-6-7-9-17(5)13(3)4/h12-13H,6-11H2,1-5H3,(H,16,21)(H,19,20). The van der Waals surface area contributed by atoms with Crippen molar-refractivity contribution in [2.45, 2.75) is 46.6 Å². The number of aliphatic carboxylic acids is 1. The topological polar surface area (TPSA) is 72.9 Å². The minimum atomic E-state index is -0.982. The van der Waals surface area contributed by atoms with Crippen LogP contribution in [-0.2, 0) is 4.79 Å². The molecule has 0 saturated heterocycles. The van der Waals surface area contributed by atoms with Crippen molar-refractivity contribution in [1.82, 2.24) is 15.1 Å². The first-order valence-corrected chi connectivity index (χ1v) is 7.68. The minimum absolute atomic E-state index is 0.245. The smallest absolute Gasteiger partial charge is 0.323 e. The van der Waals surface area contributed by atoms with E-state index in [1.165, 1.54) is 4.90 Å².